The van der Waals surface area contributed by atoms with Crippen LogP contribution in [0.3, 0.4) is 0 Å². The van der Waals surface area contributed by atoms with Crippen LogP contribution in [-0.4, -0.2) is 18.2 Å². The Morgan fingerprint density at radius 1 is 1.00 bits per heavy atom. The number of carbonyl (C=O) groups excluding carboxylic acids is 2. The second-order valence-corrected chi connectivity index (χ2v) is 5.40. The molecule has 1 aliphatic heterocycles. The summed E-state index contributed by atoms with van der Waals surface area (Å²) >= 11 is 0. The first kappa shape index (κ1) is 14.3. The van der Waals surface area contributed by atoms with Gasteiger partial charge in [-0.25, -0.2) is 0 Å². The fourth-order valence-electron chi connectivity index (χ4n) is 2.73. The molecule has 4 heteroatoms. The predicted octanol–water partition coefficient (Wildman–Crippen LogP) is 3.18. The first-order valence-electron chi connectivity index (χ1n) is 7.44. The average molecular weight is 294 g/mol. The zero-order chi connectivity index (χ0) is 15.4. The first-order valence-corrected chi connectivity index (χ1v) is 7.44. The number of hydrogen-bond acceptors (Lipinski definition) is 3. The number of anilines is 2. The molecule has 0 saturated carbocycles. The van der Waals surface area contributed by atoms with Gasteiger partial charge in [0.05, 0.1) is 5.92 Å². The molecule has 2 aromatic carbocycles. The lowest BCUT2D eigenvalue weighted by Crippen LogP contribution is -2.18. The van der Waals surface area contributed by atoms with Crippen LogP contribution in [-0.2, 0) is 9.59 Å². The molecular formula is C18H18N2O2. The van der Waals surface area contributed by atoms with E-state index in [9.17, 15) is 9.59 Å². The number of fused-ring (bicyclic) bond motifs is 1. The molecule has 1 unspecified atom stereocenters. The van der Waals surface area contributed by atoms with Crippen LogP contribution in [0.4, 0.5) is 11.4 Å². The third-order valence-corrected chi connectivity index (χ3v) is 3.88. The summed E-state index contributed by atoms with van der Waals surface area (Å²) in [5, 5.41) is 6.04. The number of nitrogens with one attached hydrogen (secondary N) is 2. The predicted molar refractivity (Wildman–Crippen MR) is 87.0 cm³/mol. The maximum atomic E-state index is 12.3. The summed E-state index contributed by atoms with van der Waals surface area (Å²) in [7, 11) is 0. The van der Waals surface area contributed by atoms with Crippen molar-refractivity contribution in [2.24, 2.45) is 0 Å². The summed E-state index contributed by atoms with van der Waals surface area (Å²) in [6, 6.07) is 17.1. The zero-order valence-electron chi connectivity index (χ0n) is 12.2. The van der Waals surface area contributed by atoms with Gasteiger partial charge in [0.1, 0.15) is 5.78 Å². The molecule has 4 nitrogen and oxygen atoms in total. The van der Waals surface area contributed by atoms with Crippen molar-refractivity contribution in [1.82, 2.24) is 0 Å². The molecule has 0 aliphatic carbocycles. The van der Waals surface area contributed by atoms with Gasteiger partial charge >= 0.3 is 0 Å². The molecule has 22 heavy (non-hydrogen) atoms. The van der Waals surface area contributed by atoms with Gasteiger partial charge in [-0.1, -0.05) is 36.4 Å². The van der Waals surface area contributed by atoms with E-state index < -0.39 is 0 Å². The number of amides is 1. The van der Waals surface area contributed by atoms with Crippen LogP contribution in [0.1, 0.15) is 24.3 Å². The number of para-hydroxylation sites is 2. The summed E-state index contributed by atoms with van der Waals surface area (Å²) in [5.74, 6) is -0.153. The maximum Gasteiger partial charge on any atom is 0.224 e. The summed E-state index contributed by atoms with van der Waals surface area (Å²) in [5.41, 5.74) is 2.82. The SMILES string of the molecule is O=C(CCC(=O)C1CNc2ccccc21)Nc1ccccc1. The second-order valence-electron chi connectivity index (χ2n) is 5.40. The van der Waals surface area contributed by atoms with Crippen LogP contribution in [0.15, 0.2) is 54.6 Å². The number of hydrogen-bond donors (Lipinski definition) is 2. The normalized spacial score (nSPS) is 15.7. The van der Waals surface area contributed by atoms with E-state index in [1.54, 1.807) is 0 Å². The fourth-order valence-corrected chi connectivity index (χ4v) is 2.73. The van der Waals surface area contributed by atoms with Crippen molar-refractivity contribution in [3.63, 3.8) is 0 Å². The average Bonchev–Trinajstić information content (AvgIpc) is 2.98. The molecule has 1 amide bonds. The van der Waals surface area contributed by atoms with Gasteiger partial charge in [-0.15, -0.1) is 0 Å². The van der Waals surface area contributed by atoms with Crippen LogP contribution in [0.2, 0.25) is 0 Å². The minimum atomic E-state index is -0.138. The van der Waals surface area contributed by atoms with Gasteiger partial charge < -0.3 is 10.6 Å². The zero-order valence-corrected chi connectivity index (χ0v) is 12.2. The Balaban J connectivity index is 1.54. The van der Waals surface area contributed by atoms with E-state index in [0.29, 0.717) is 6.54 Å². The Labute approximate surface area is 129 Å². The Kier molecular flexibility index (Phi) is 4.19. The molecule has 0 fully saturated rings. The number of Topliss-reactive ketones (excluding diaryl/α,β-unsaturated/α-hetero) is 1. The third kappa shape index (κ3) is 3.17. The second kappa shape index (κ2) is 6.43. The maximum absolute atomic E-state index is 12.3. The van der Waals surface area contributed by atoms with Crippen molar-refractivity contribution in [1.29, 1.82) is 0 Å². The molecule has 0 radical (unpaired) electrons. The molecule has 0 aromatic heterocycles. The molecule has 0 spiro atoms. The van der Waals surface area contributed by atoms with E-state index in [1.807, 2.05) is 54.6 Å². The standard InChI is InChI=1S/C18H18N2O2/c21-17(15-12-19-16-9-5-4-8-14(15)16)10-11-18(22)20-13-6-2-1-3-7-13/h1-9,15,19H,10-12H2,(H,20,22). The summed E-state index contributed by atoms with van der Waals surface area (Å²) in [6.07, 6.45) is 0.478. The van der Waals surface area contributed by atoms with Crippen molar-refractivity contribution in [2.75, 3.05) is 17.2 Å². The van der Waals surface area contributed by atoms with Crippen LogP contribution < -0.4 is 10.6 Å². The van der Waals surface area contributed by atoms with Crippen molar-refractivity contribution in [3.05, 3.63) is 60.2 Å². The number of carbonyl (C=O) groups is 2. The van der Waals surface area contributed by atoms with Crippen molar-refractivity contribution in [3.8, 4) is 0 Å². The molecule has 2 N–H and O–H groups in total. The highest BCUT2D eigenvalue weighted by Gasteiger charge is 2.27. The summed E-state index contributed by atoms with van der Waals surface area (Å²) < 4.78 is 0. The Hall–Kier alpha value is -2.62. The van der Waals surface area contributed by atoms with Gasteiger partial charge in [0.15, 0.2) is 0 Å². The lowest BCUT2D eigenvalue weighted by Gasteiger charge is -2.09. The van der Waals surface area contributed by atoms with E-state index in [0.717, 1.165) is 16.9 Å². The molecule has 1 heterocycles. The van der Waals surface area contributed by atoms with Gasteiger partial charge in [0.25, 0.3) is 0 Å². The summed E-state index contributed by atoms with van der Waals surface area (Å²) in [6.45, 7) is 0.623. The van der Waals surface area contributed by atoms with Gasteiger partial charge in [0, 0.05) is 30.8 Å². The Morgan fingerprint density at radius 3 is 2.55 bits per heavy atom. The molecule has 2 aromatic rings. The van der Waals surface area contributed by atoms with Crippen LogP contribution >= 0.6 is 0 Å². The van der Waals surface area contributed by atoms with Crippen LogP contribution in [0.5, 0.6) is 0 Å². The highest BCUT2D eigenvalue weighted by Crippen LogP contribution is 2.32. The monoisotopic (exact) mass is 294 g/mol. The van der Waals surface area contributed by atoms with E-state index in [4.69, 9.17) is 0 Å². The highest BCUT2D eigenvalue weighted by atomic mass is 16.2. The third-order valence-electron chi connectivity index (χ3n) is 3.88. The van der Waals surface area contributed by atoms with Gasteiger partial charge in [0.2, 0.25) is 5.91 Å². The fraction of sp³-hybridized carbons (Fsp3) is 0.222. The minimum Gasteiger partial charge on any atom is -0.384 e. The Bertz CT molecular complexity index is 682. The van der Waals surface area contributed by atoms with Gasteiger partial charge in [-0.3, -0.25) is 9.59 Å². The quantitative estimate of drug-likeness (QED) is 0.890. The highest BCUT2D eigenvalue weighted by molar-refractivity contribution is 5.96. The summed E-state index contributed by atoms with van der Waals surface area (Å²) in [4.78, 5) is 24.2. The van der Waals surface area contributed by atoms with Crippen LogP contribution in [0, 0.1) is 0 Å². The number of rotatable bonds is 5. The smallest absolute Gasteiger partial charge is 0.224 e. The van der Waals surface area contributed by atoms with Crippen molar-refractivity contribution in [2.45, 2.75) is 18.8 Å². The largest absolute Gasteiger partial charge is 0.384 e. The lowest BCUT2D eigenvalue weighted by molar-refractivity contribution is -0.123. The molecular weight excluding hydrogens is 276 g/mol. The van der Waals surface area contributed by atoms with Crippen LogP contribution in [0.25, 0.3) is 0 Å². The van der Waals surface area contributed by atoms with E-state index in [1.165, 1.54) is 0 Å². The molecule has 1 aliphatic rings. The van der Waals surface area contributed by atoms with E-state index in [2.05, 4.69) is 10.6 Å². The van der Waals surface area contributed by atoms with E-state index in [-0.39, 0.29) is 30.4 Å². The molecule has 112 valence electrons. The van der Waals surface area contributed by atoms with E-state index >= 15 is 0 Å². The molecule has 0 bridgehead atoms. The topological polar surface area (TPSA) is 58.2 Å². The van der Waals surface area contributed by atoms with Gasteiger partial charge in [-0.2, -0.15) is 0 Å². The van der Waals surface area contributed by atoms with Gasteiger partial charge in [-0.05, 0) is 23.8 Å². The Morgan fingerprint density at radius 2 is 1.73 bits per heavy atom. The van der Waals surface area contributed by atoms with Crippen molar-refractivity contribution >= 4 is 23.1 Å². The number of ketones is 1. The first-order chi connectivity index (χ1) is 10.7. The number of benzene rings is 2. The molecule has 1 atom stereocenters. The molecule has 3 rings (SSSR count). The van der Waals surface area contributed by atoms with Crippen molar-refractivity contribution < 1.29 is 9.59 Å². The lowest BCUT2D eigenvalue weighted by atomic mass is 9.94. The minimum absolute atomic E-state index is 0.112. The molecule has 0 saturated heterocycles.